The number of pyridine rings is 1. The lowest BCUT2D eigenvalue weighted by Gasteiger charge is -2.31. The normalized spacial score (nSPS) is 18.5. The van der Waals surface area contributed by atoms with Crippen LogP contribution in [0.15, 0.2) is 5.03 Å². The molecule has 0 N–H and O–H groups in total. The van der Waals surface area contributed by atoms with Gasteiger partial charge in [-0.3, -0.25) is 0 Å². The molecule has 4 nitrogen and oxygen atoms in total. The van der Waals surface area contributed by atoms with E-state index in [1.54, 1.807) is 11.8 Å². The highest BCUT2D eigenvalue weighted by molar-refractivity contribution is 7.98. The number of thioether (sulfide) groups is 1. The Morgan fingerprint density at radius 3 is 2.55 bits per heavy atom. The molecule has 0 amide bonds. The molecule has 0 spiro atoms. The third-order valence-corrected chi connectivity index (χ3v) is 4.80. The number of fused-ring (bicyclic) bond motifs is 1. The second-order valence-electron chi connectivity index (χ2n) is 5.20. The van der Waals surface area contributed by atoms with Crippen molar-refractivity contribution in [2.24, 2.45) is 0 Å². The van der Waals surface area contributed by atoms with E-state index in [-0.39, 0.29) is 0 Å². The first-order valence-corrected chi connectivity index (χ1v) is 8.40. The molecule has 0 unspecified atom stereocenters. The van der Waals surface area contributed by atoms with Gasteiger partial charge < -0.3 is 9.64 Å². The fourth-order valence-corrected chi connectivity index (χ4v) is 3.71. The van der Waals surface area contributed by atoms with Crippen LogP contribution in [0.3, 0.4) is 0 Å². The molecular weight excluding hydrogens is 270 g/mol. The fraction of sp³-hybridized carbons (Fsp3) is 0.600. The molecule has 1 aromatic heterocycles. The van der Waals surface area contributed by atoms with Gasteiger partial charge in [-0.25, -0.2) is 4.98 Å². The van der Waals surface area contributed by atoms with E-state index < -0.39 is 0 Å². The first kappa shape index (κ1) is 13.7. The number of morpholine rings is 1. The van der Waals surface area contributed by atoms with Crippen LogP contribution in [0.25, 0.3) is 0 Å². The van der Waals surface area contributed by atoms with Crippen LogP contribution < -0.4 is 4.90 Å². The zero-order valence-electron chi connectivity index (χ0n) is 11.8. The van der Waals surface area contributed by atoms with Crippen LogP contribution in [0.5, 0.6) is 0 Å². The Bertz CT molecular complexity index is 547. The molecule has 1 aliphatic carbocycles. The van der Waals surface area contributed by atoms with Gasteiger partial charge in [-0.1, -0.05) is 0 Å². The van der Waals surface area contributed by atoms with Gasteiger partial charge in [0.1, 0.15) is 16.9 Å². The summed E-state index contributed by atoms with van der Waals surface area (Å²) in [6, 6.07) is 2.42. The molecule has 0 bridgehead atoms. The van der Waals surface area contributed by atoms with Gasteiger partial charge in [0, 0.05) is 13.1 Å². The third kappa shape index (κ3) is 2.38. The Hall–Kier alpha value is -1.25. The topological polar surface area (TPSA) is 49.2 Å². The first-order chi connectivity index (χ1) is 9.85. The fourth-order valence-electron chi connectivity index (χ4n) is 3.06. The Balaban J connectivity index is 2.11. The lowest BCUT2D eigenvalue weighted by Crippen LogP contribution is -2.37. The van der Waals surface area contributed by atoms with Gasteiger partial charge in [-0.15, -0.1) is 11.8 Å². The van der Waals surface area contributed by atoms with Crippen molar-refractivity contribution in [1.82, 2.24) is 4.98 Å². The quantitative estimate of drug-likeness (QED) is 0.782. The lowest BCUT2D eigenvalue weighted by molar-refractivity contribution is 0.122. The summed E-state index contributed by atoms with van der Waals surface area (Å²) in [5.74, 6) is 0.876. The molecular formula is C15H19N3OS. The molecule has 20 heavy (non-hydrogen) atoms. The summed E-state index contributed by atoms with van der Waals surface area (Å²) in [7, 11) is 0. The minimum absolute atomic E-state index is 0.720. The minimum Gasteiger partial charge on any atom is -0.378 e. The Labute approximate surface area is 124 Å². The van der Waals surface area contributed by atoms with Crippen LogP contribution in [0.1, 0.15) is 29.5 Å². The third-order valence-electron chi connectivity index (χ3n) is 4.07. The predicted molar refractivity (Wildman–Crippen MR) is 80.4 cm³/mol. The van der Waals surface area contributed by atoms with Crippen molar-refractivity contribution in [1.29, 1.82) is 5.26 Å². The number of aromatic nitrogens is 1. The molecule has 0 saturated carbocycles. The van der Waals surface area contributed by atoms with Gasteiger partial charge in [0.25, 0.3) is 0 Å². The molecule has 0 aromatic carbocycles. The van der Waals surface area contributed by atoms with Crippen LogP contribution in [0, 0.1) is 11.3 Å². The second-order valence-corrected chi connectivity index (χ2v) is 5.99. The number of hydrogen-bond acceptors (Lipinski definition) is 5. The van der Waals surface area contributed by atoms with E-state index in [1.807, 2.05) is 0 Å². The summed E-state index contributed by atoms with van der Waals surface area (Å²) >= 11 is 1.70. The molecule has 2 aliphatic rings. The maximum Gasteiger partial charge on any atom is 0.148 e. The van der Waals surface area contributed by atoms with Gasteiger partial charge in [0.15, 0.2) is 0 Å². The van der Waals surface area contributed by atoms with Crippen molar-refractivity contribution < 1.29 is 4.74 Å². The average molecular weight is 289 g/mol. The molecule has 5 heteroatoms. The highest BCUT2D eigenvalue weighted by Gasteiger charge is 2.25. The largest absolute Gasteiger partial charge is 0.378 e. The van der Waals surface area contributed by atoms with Crippen molar-refractivity contribution in [3.63, 3.8) is 0 Å². The number of hydrogen-bond donors (Lipinski definition) is 0. The number of rotatable bonds is 2. The van der Waals surface area contributed by atoms with Gasteiger partial charge in [0.2, 0.25) is 0 Å². The SMILES string of the molecule is CSc1nc(N2CCOCC2)c(C#N)c2c1CCCC2. The van der Waals surface area contributed by atoms with Crippen LogP contribution in [0.4, 0.5) is 5.82 Å². The molecule has 1 saturated heterocycles. The van der Waals surface area contributed by atoms with E-state index in [0.717, 1.165) is 55.6 Å². The predicted octanol–water partition coefficient (Wildman–Crippen LogP) is 2.39. The summed E-state index contributed by atoms with van der Waals surface area (Å²) in [6.07, 6.45) is 6.56. The Kier molecular flexibility index (Phi) is 4.13. The molecule has 0 radical (unpaired) electrons. The highest BCUT2D eigenvalue weighted by atomic mass is 32.2. The van der Waals surface area contributed by atoms with E-state index in [9.17, 15) is 5.26 Å². The van der Waals surface area contributed by atoms with Gasteiger partial charge >= 0.3 is 0 Å². The molecule has 106 valence electrons. The van der Waals surface area contributed by atoms with Gasteiger partial charge in [-0.05, 0) is 43.1 Å². The van der Waals surface area contributed by atoms with Crippen LogP contribution in [-0.2, 0) is 17.6 Å². The van der Waals surface area contributed by atoms with Crippen molar-refractivity contribution in [2.75, 3.05) is 37.5 Å². The average Bonchev–Trinajstić information content (AvgIpc) is 2.54. The smallest absolute Gasteiger partial charge is 0.148 e. The van der Waals surface area contributed by atoms with Crippen LogP contribution in [-0.4, -0.2) is 37.5 Å². The van der Waals surface area contributed by atoms with E-state index in [0.29, 0.717) is 0 Å². The second kappa shape index (κ2) is 6.02. The van der Waals surface area contributed by atoms with Crippen molar-refractivity contribution in [3.8, 4) is 6.07 Å². The van der Waals surface area contributed by atoms with Crippen LogP contribution >= 0.6 is 11.8 Å². The molecule has 1 aromatic rings. The summed E-state index contributed by atoms with van der Waals surface area (Å²) in [4.78, 5) is 7.01. The highest BCUT2D eigenvalue weighted by Crippen LogP contribution is 2.35. The number of ether oxygens (including phenoxy) is 1. The number of anilines is 1. The molecule has 1 fully saturated rings. The molecule has 1 aliphatic heterocycles. The van der Waals surface area contributed by atoms with Crippen LogP contribution in [0.2, 0.25) is 0 Å². The number of nitriles is 1. The van der Waals surface area contributed by atoms with Crippen molar-refractivity contribution >= 4 is 17.6 Å². The number of nitrogens with zero attached hydrogens (tertiary/aromatic N) is 3. The van der Waals surface area contributed by atoms with E-state index in [4.69, 9.17) is 9.72 Å². The van der Waals surface area contributed by atoms with Crippen molar-refractivity contribution in [3.05, 3.63) is 16.7 Å². The van der Waals surface area contributed by atoms with Gasteiger partial charge in [-0.2, -0.15) is 5.26 Å². The summed E-state index contributed by atoms with van der Waals surface area (Å²) < 4.78 is 5.41. The zero-order valence-corrected chi connectivity index (χ0v) is 12.6. The Morgan fingerprint density at radius 1 is 1.20 bits per heavy atom. The summed E-state index contributed by atoms with van der Waals surface area (Å²) in [6.45, 7) is 3.10. The van der Waals surface area contributed by atoms with Crippen molar-refractivity contribution in [2.45, 2.75) is 30.7 Å². The van der Waals surface area contributed by atoms with E-state index in [1.165, 1.54) is 24.0 Å². The summed E-state index contributed by atoms with van der Waals surface area (Å²) in [5, 5.41) is 10.7. The molecule has 3 rings (SSSR count). The first-order valence-electron chi connectivity index (χ1n) is 7.17. The maximum absolute atomic E-state index is 9.61. The Morgan fingerprint density at radius 2 is 1.90 bits per heavy atom. The van der Waals surface area contributed by atoms with Gasteiger partial charge in [0.05, 0.1) is 18.8 Å². The summed E-state index contributed by atoms with van der Waals surface area (Å²) in [5.41, 5.74) is 3.37. The monoisotopic (exact) mass is 289 g/mol. The van der Waals surface area contributed by atoms with E-state index >= 15 is 0 Å². The molecule has 0 atom stereocenters. The standard InChI is InChI=1S/C15H19N3OS/c1-20-15-12-5-3-2-4-11(12)13(10-16)14(17-15)18-6-8-19-9-7-18/h2-9H2,1H3. The molecule has 2 heterocycles. The maximum atomic E-state index is 9.61. The lowest BCUT2D eigenvalue weighted by atomic mass is 9.90. The van der Waals surface area contributed by atoms with E-state index in [2.05, 4.69) is 17.2 Å². The zero-order chi connectivity index (χ0) is 13.9. The minimum atomic E-state index is 0.720.